The number of aromatic nitrogens is 1. The summed E-state index contributed by atoms with van der Waals surface area (Å²) in [4.78, 5) is 31.1. The first kappa shape index (κ1) is 19.3. The van der Waals surface area contributed by atoms with Gasteiger partial charge in [-0.2, -0.15) is 0 Å². The Bertz CT molecular complexity index is 970. The number of anilines is 1. The fraction of sp³-hybridized carbons (Fsp3) is 0.476. The van der Waals surface area contributed by atoms with Gasteiger partial charge in [0.1, 0.15) is 0 Å². The Morgan fingerprint density at radius 3 is 2.93 bits per heavy atom. The van der Waals surface area contributed by atoms with Gasteiger partial charge in [0.15, 0.2) is 16.6 Å². The summed E-state index contributed by atoms with van der Waals surface area (Å²) in [6, 6.07) is 5.07. The molecule has 158 valence electrons. The number of benzene rings is 1. The van der Waals surface area contributed by atoms with E-state index in [-0.39, 0.29) is 30.6 Å². The molecule has 30 heavy (non-hydrogen) atoms. The molecule has 3 heterocycles. The van der Waals surface area contributed by atoms with Gasteiger partial charge in [0, 0.05) is 23.6 Å². The SMILES string of the molecule is O=C(Nc1nc2c(s1)CCC[C@H]2C(=O)NC[C@H]1CCCO1)c1ccc2c(c1)OCO2. The maximum Gasteiger partial charge on any atom is 0.257 e. The van der Waals surface area contributed by atoms with Gasteiger partial charge in [-0.15, -0.1) is 11.3 Å². The van der Waals surface area contributed by atoms with Gasteiger partial charge in [-0.1, -0.05) is 0 Å². The van der Waals surface area contributed by atoms with Gasteiger partial charge in [0.25, 0.3) is 5.91 Å². The van der Waals surface area contributed by atoms with Crippen molar-refractivity contribution in [2.45, 2.75) is 44.1 Å². The summed E-state index contributed by atoms with van der Waals surface area (Å²) in [7, 11) is 0. The van der Waals surface area contributed by atoms with Crippen LogP contribution in [0.2, 0.25) is 0 Å². The highest BCUT2D eigenvalue weighted by Crippen LogP contribution is 2.37. The van der Waals surface area contributed by atoms with E-state index in [1.807, 2.05) is 0 Å². The minimum Gasteiger partial charge on any atom is -0.454 e. The number of thiazole rings is 1. The van der Waals surface area contributed by atoms with Crippen LogP contribution in [0.1, 0.15) is 52.5 Å². The van der Waals surface area contributed by atoms with Crippen molar-refractivity contribution in [2.24, 2.45) is 0 Å². The van der Waals surface area contributed by atoms with Crippen LogP contribution in [-0.2, 0) is 16.0 Å². The largest absolute Gasteiger partial charge is 0.454 e. The van der Waals surface area contributed by atoms with E-state index in [1.165, 1.54) is 11.3 Å². The Labute approximate surface area is 177 Å². The zero-order valence-electron chi connectivity index (χ0n) is 16.4. The van der Waals surface area contributed by atoms with Crippen LogP contribution in [-0.4, -0.2) is 42.8 Å². The average molecular weight is 429 g/mol. The standard InChI is InChI=1S/C21H23N3O5S/c25-19(12-6-7-15-16(9-12)29-11-28-15)24-21-23-18-14(4-1-5-17(18)30-21)20(26)22-10-13-3-2-8-27-13/h6-7,9,13-14H,1-5,8,10-11H2,(H,22,26)(H,23,24,25)/t13-,14-/m1/s1. The van der Waals surface area contributed by atoms with Crippen molar-refractivity contribution < 1.29 is 23.8 Å². The number of fused-ring (bicyclic) bond motifs is 2. The van der Waals surface area contributed by atoms with E-state index in [4.69, 9.17) is 14.2 Å². The van der Waals surface area contributed by atoms with Gasteiger partial charge in [-0.3, -0.25) is 14.9 Å². The molecule has 0 spiro atoms. The van der Waals surface area contributed by atoms with Crippen LogP contribution in [0.15, 0.2) is 18.2 Å². The summed E-state index contributed by atoms with van der Waals surface area (Å²) in [5, 5.41) is 6.40. The summed E-state index contributed by atoms with van der Waals surface area (Å²) in [5.41, 5.74) is 1.26. The average Bonchev–Trinajstić information content (AvgIpc) is 3.51. The van der Waals surface area contributed by atoms with E-state index in [0.29, 0.717) is 28.7 Å². The van der Waals surface area contributed by atoms with E-state index in [9.17, 15) is 9.59 Å². The van der Waals surface area contributed by atoms with Crippen LogP contribution < -0.4 is 20.1 Å². The molecule has 0 radical (unpaired) electrons. The third-order valence-electron chi connectivity index (χ3n) is 5.65. The van der Waals surface area contributed by atoms with Crippen LogP contribution >= 0.6 is 11.3 Å². The van der Waals surface area contributed by atoms with Crippen LogP contribution in [0.5, 0.6) is 11.5 Å². The van der Waals surface area contributed by atoms with E-state index in [1.54, 1.807) is 18.2 Å². The second kappa shape index (κ2) is 8.23. The quantitative estimate of drug-likeness (QED) is 0.758. The molecule has 1 saturated heterocycles. The predicted octanol–water partition coefficient (Wildman–Crippen LogP) is 2.84. The molecule has 1 aromatic carbocycles. The zero-order valence-corrected chi connectivity index (χ0v) is 17.3. The lowest BCUT2D eigenvalue weighted by molar-refractivity contribution is -0.123. The maximum absolute atomic E-state index is 12.8. The number of nitrogens with zero attached hydrogens (tertiary/aromatic N) is 1. The van der Waals surface area contributed by atoms with E-state index < -0.39 is 0 Å². The van der Waals surface area contributed by atoms with Crippen LogP contribution in [0.3, 0.4) is 0 Å². The molecule has 1 fully saturated rings. The number of rotatable bonds is 5. The van der Waals surface area contributed by atoms with Gasteiger partial charge in [-0.05, 0) is 50.3 Å². The molecule has 5 rings (SSSR count). The number of amides is 2. The van der Waals surface area contributed by atoms with Crippen molar-refractivity contribution in [1.29, 1.82) is 0 Å². The Hall–Kier alpha value is -2.65. The molecule has 3 aliphatic rings. The Kier molecular flexibility index (Phi) is 5.30. The Balaban J connectivity index is 1.26. The summed E-state index contributed by atoms with van der Waals surface area (Å²) in [6.07, 6.45) is 4.73. The number of nitrogens with one attached hydrogen (secondary N) is 2. The maximum atomic E-state index is 12.8. The van der Waals surface area contributed by atoms with Crippen molar-refractivity contribution >= 4 is 28.3 Å². The molecular formula is C21H23N3O5S. The number of aryl methyl sites for hydroxylation is 1. The Morgan fingerprint density at radius 1 is 1.17 bits per heavy atom. The second-order valence-electron chi connectivity index (χ2n) is 7.67. The third kappa shape index (κ3) is 3.87. The van der Waals surface area contributed by atoms with Crippen molar-refractivity contribution in [2.75, 3.05) is 25.3 Å². The molecule has 2 aromatic rings. The number of carbonyl (C=O) groups is 2. The summed E-state index contributed by atoms with van der Waals surface area (Å²) in [6.45, 7) is 1.48. The molecule has 0 bridgehead atoms. The summed E-state index contributed by atoms with van der Waals surface area (Å²) >= 11 is 1.44. The lowest BCUT2D eigenvalue weighted by atomic mass is 9.90. The topological polar surface area (TPSA) is 98.8 Å². The Morgan fingerprint density at radius 2 is 2.07 bits per heavy atom. The normalized spacial score (nSPS) is 21.9. The molecular weight excluding hydrogens is 406 g/mol. The number of hydrogen-bond donors (Lipinski definition) is 2. The zero-order chi connectivity index (χ0) is 20.5. The third-order valence-corrected chi connectivity index (χ3v) is 6.70. The highest BCUT2D eigenvalue weighted by atomic mass is 32.1. The molecule has 1 aromatic heterocycles. The molecule has 9 heteroatoms. The molecule has 0 saturated carbocycles. The summed E-state index contributed by atoms with van der Waals surface area (Å²) in [5.74, 6) is 0.643. The van der Waals surface area contributed by atoms with Crippen LogP contribution in [0.25, 0.3) is 0 Å². The smallest absolute Gasteiger partial charge is 0.257 e. The number of ether oxygens (including phenoxy) is 3. The molecule has 2 amide bonds. The van der Waals surface area contributed by atoms with E-state index in [0.717, 1.165) is 49.3 Å². The lowest BCUT2D eigenvalue weighted by Crippen LogP contribution is -2.36. The first-order valence-corrected chi connectivity index (χ1v) is 11.1. The monoisotopic (exact) mass is 429 g/mol. The highest BCUT2D eigenvalue weighted by Gasteiger charge is 2.31. The number of carbonyl (C=O) groups excluding carboxylic acids is 2. The van der Waals surface area contributed by atoms with E-state index >= 15 is 0 Å². The molecule has 2 atom stereocenters. The highest BCUT2D eigenvalue weighted by molar-refractivity contribution is 7.16. The minimum absolute atomic E-state index is 0.00889. The van der Waals surface area contributed by atoms with Gasteiger partial charge >= 0.3 is 0 Å². The molecule has 2 aliphatic heterocycles. The first-order chi connectivity index (χ1) is 14.7. The number of hydrogen-bond acceptors (Lipinski definition) is 7. The van der Waals surface area contributed by atoms with E-state index in [2.05, 4.69) is 15.6 Å². The molecule has 1 aliphatic carbocycles. The molecule has 8 nitrogen and oxygen atoms in total. The van der Waals surface area contributed by atoms with Crippen molar-refractivity contribution in [3.8, 4) is 11.5 Å². The second-order valence-corrected chi connectivity index (χ2v) is 8.76. The van der Waals surface area contributed by atoms with Crippen LogP contribution in [0, 0.1) is 0 Å². The first-order valence-electron chi connectivity index (χ1n) is 10.3. The lowest BCUT2D eigenvalue weighted by Gasteiger charge is -2.21. The molecule has 0 unspecified atom stereocenters. The van der Waals surface area contributed by atoms with Crippen LogP contribution in [0.4, 0.5) is 5.13 Å². The summed E-state index contributed by atoms with van der Waals surface area (Å²) < 4.78 is 16.2. The van der Waals surface area contributed by atoms with Gasteiger partial charge in [-0.25, -0.2) is 4.98 Å². The fourth-order valence-corrected chi connectivity index (χ4v) is 5.14. The molecule has 2 N–H and O–H groups in total. The van der Waals surface area contributed by atoms with Crippen molar-refractivity contribution in [3.63, 3.8) is 0 Å². The predicted molar refractivity (Wildman–Crippen MR) is 110 cm³/mol. The van der Waals surface area contributed by atoms with Crippen molar-refractivity contribution in [1.82, 2.24) is 10.3 Å². The van der Waals surface area contributed by atoms with Gasteiger partial charge in [0.05, 0.1) is 17.7 Å². The fourth-order valence-electron chi connectivity index (χ4n) is 4.08. The minimum atomic E-state index is -0.275. The van der Waals surface area contributed by atoms with Crippen molar-refractivity contribution in [3.05, 3.63) is 34.3 Å². The van der Waals surface area contributed by atoms with Gasteiger partial charge < -0.3 is 19.5 Å². The van der Waals surface area contributed by atoms with Gasteiger partial charge in [0.2, 0.25) is 12.7 Å².